The van der Waals surface area contributed by atoms with Crippen molar-refractivity contribution in [1.82, 2.24) is 9.88 Å². The maximum absolute atomic E-state index is 13.6. The van der Waals surface area contributed by atoms with Crippen molar-refractivity contribution in [1.29, 1.82) is 0 Å². The number of primary amides is 1. The zero-order valence-corrected chi connectivity index (χ0v) is 17.1. The second kappa shape index (κ2) is 8.68. The Hall–Kier alpha value is -3.54. The van der Waals surface area contributed by atoms with Crippen molar-refractivity contribution in [2.24, 2.45) is 11.1 Å². The number of amides is 2. The third kappa shape index (κ3) is 4.48. The fraction of sp³-hybridized carbons (Fsp3) is 0.240. The van der Waals surface area contributed by atoms with Gasteiger partial charge in [0.25, 0.3) is 5.91 Å². The normalized spacial score (nSPS) is 18.5. The van der Waals surface area contributed by atoms with Crippen LogP contribution in [0, 0.1) is 11.2 Å². The fourth-order valence-corrected chi connectivity index (χ4v) is 4.33. The highest BCUT2D eigenvalue weighted by Gasteiger charge is 2.42. The number of pyridine rings is 1. The Kier molecular flexibility index (Phi) is 5.80. The van der Waals surface area contributed by atoms with E-state index < -0.39 is 17.1 Å². The van der Waals surface area contributed by atoms with Crippen molar-refractivity contribution < 1.29 is 14.0 Å². The van der Waals surface area contributed by atoms with Crippen LogP contribution in [0.1, 0.15) is 28.8 Å². The molecule has 158 valence electrons. The second-order valence-corrected chi connectivity index (χ2v) is 8.10. The third-order valence-electron chi connectivity index (χ3n) is 5.92. The molecule has 1 aromatic heterocycles. The van der Waals surface area contributed by atoms with E-state index in [1.165, 1.54) is 18.2 Å². The number of carbonyl (C=O) groups excluding carboxylic acids is 2. The first-order valence-corrected chi connectivity index (χ1v) is 10.3. The summed E-state index contributed by atoms with van der Waals surface area (Å²) in [7, 11) is 0. The van der Waals surface area contributed by atoms with Crippen LogP contribution in [0.2, 0.25) is 0 Å². The van der Waals surface area contributed by atoms with Gasteiger partial charge in [0.15, 0.2) is 0 Å². The molecule has 31 heavy (non-hydrogen) atoms. The average molecular weight is 417 g/mol. The molecule has 5 nitrogen and oxygen atoms in total. The van der Waals surface area contributed by atoms with Gasteiger partial charge >= 0.3 is 0 Å². The summed E-state index contributed by atoms with van der Waals surface area (Å²) in [5.74, 6) is -1.17. The summed E-state index contributed by atoms with van der Waals surface area (Å²) in [6.07, 6.45) is 5.21. The summed E-state index contributed by atoms with van der Waals surface area (Å²) < 4.78 is 13.6. The quantitative estimate of drug-likeness (QED) is 0.685. The highest BCUT2D eigenvalue weighted by molar-refractivity contribution is 5.95. The predicted octanol–water partition coefficient (Wildman–Crippen LogP) is 3.84. The van der Waals surface area contributed by atoms with E-state index in [9.17, 15) is 14.0 Å². The summed E-state index contributed by atoms with van der Waals surface area (Å²) in [6, 6.07) is 17.4. The number of likely N-dealkylation sites (tertiary alicyclic amines) is 1. The molecule has 2 aromatic carbocycles. The molecule has 2 heterocycles. The van der Waals surface area contributed by atoms with E-state index in [1.54, 1.807) is 23.4 Å². The first-order chi connectivity index (χ1) is 15.0. The van der Waals surface area contributed by atoms with Gasteiger partial charge in [0.2, 0.25) is 5.91 Å². The van der Waals surface area contributed by atoms with E-state index in [4.69, 9.17) is 5.73 Å². The molecule has 0 unspecified atom stereocenters. The van der Waals surface area contributed by atoms with E-state index >= 15 is 0 Å². The van der Waals surface area contributed by atoms with E-state index in [-0.39, 0.29) is 18.0 Å². The lowest BCUT2D eigenvalue weighted by atomic mass is 9.74. The summed E-state index contributed by atoms with van der Waals surface area (Å²) >= 11 is 0. The van der Waals surface area contributed by atoms with Gasteiger partial charge in [0, 0.05) is 31.0 Å². The van der Waals surface area contributed by atoms with Crippen LogP contribution in [-0.2, 0) is 11.2 Å². The highest BCUT2D eigenvalue weighted by Crippen LogP contribution is 2.35. The Labute approximate surface area is 180 Å². The molecule has 1 aliphatic heterocycles. The van der Waals surface area contributed by atoms with Gasteiger partial charge in [0.1, 0.15) is 5.82 Å². The second-order valence-electron chi connectivity index (χ2n) is 8.10. The molecule has 0 spiro atoms. The van der Waals surface area contributed by atoms with Crippen molar-refractivity contribution in [2.45, 2.75) is 19.3 Å². The van der Waals surface area contributed by atoms with Crippen LogP contribution >= 0.6 is 0 Å². The van der Waals surface area contributed by atoms with Gasteiger partial charge in [-0.3, -0.25) is 14.6 Å². The summed E-state index contributed by atoms with van der Waals surface area (Å²) in [6.45, 7) is 0.731. The van der Waals surface area contributed by atoms with Gasteiger partial charge in [-0.25, -0.2) is 4.39 Å². The molecule has 1 saturated heterocycles. The molecule has 0 radical (unpaired) electrons. The summed E-state index contributed by atoms with van der Waals surface area (Å²) in [4.78, 5) is 31.3. The molecule has 1 atom stereocenters. The SMILES string of the molecule is NC(=O)[C@]1(Cc2cccc(-c3cccnc3)c2)CCCN(C(=O)c2cccc(F)c2)C1. The van der Waals surface area contributed by atoms with E-state index in [0.29, 0.717) is 25.8 Å². The van der Waals surface area contributed by atoms with Gasteiger partial charge in [-0.2, -0.15) is 0 Å². The summed E-state index contributed by atoms with van der Waals surface area (Å²) in [5, 5.41) is 0. The molecule has 2 amide bonds. The predicted molar refractivity (Wildman–Crippen MR) is 117 cm³/mol. The standard InChI is InChI=1S/C25H24FN3O2/c26-22-9-2-7-20(14-22)23(30)29-12-4-10-25(17-29,24(27)31)15-18-5-1-6-19(13-18)21-8-3-11-28-16-21/h1-3,5-9,11,13-14,16H,4,10,12,15,17H2,(H2,27,31)/t25-/m0/s1. The lowest BCUT2D eigenvalue weighted by Crippen LogP contribution is -2.53. The van der Waals surface area contributed by atoms with Crippen molar-refractivity contribution in [3.05, 3.63) is 90.0 Å². The van der Waals surface area contributed by atoms with Crippen molar-refractivity contribution in [2.75, 3.05) is 13.1 Å². The molecule has 1 aliphatic rings. The number of piperidine rings is 1. The smallest absolute Gasteiger partial charge is 0.253 e. The molecule has 0 aliphatic carbocycles. The minimum absolute atomic E-state index is 0.217. The number of hydrogen-bond donors (Lipinski definition) is 1. The lowest BCUT2D eigenvalue weighted by Gasteiger charge is -2.41. The number of aromatic nitrogens is 1. The number of carbonyl (C=O) groups is 2. The van der Waals surface area contributed by atoms with E-state index in [0.717, 1.165) is 16.7 Å². The Morgan fingerprint density at radius 3 is 2.61 bits per heavy atom. The number of nitrogens with two attached hydrogens (primary N) is 1. The van der Waals surface area contributed by atoms with Gasteiger partial charge in [-0.05, 0) is 60.2 Å². The monoisotopic (exact) mass is 417 g/mol. The van der Waals surface area contributed by atoms with E-state index in [1.807, 2.05) is 36.4 Å². The molecule has 0 bridgehead atoms. The zero-order valence-electron chi connectivity index (χ0n) is 17.1. The third-order valence-corrected chi connectivity index (χ3v) is 5.92. The van der Waals surface area contributed by atoms with Crippen LogP contribution in [0.15, 0.2) is 73.1 Å². The van der Waals surface area contributed by atoms with Crippen molar-refractivity contribution >= 4 is 11.8 Å². The maximum Gasteiger partial charge on any atom is 0.253 e. The van der Waals surface area contributed by atoms with Gasteiger partial charge in [-0.15, -0.1) is 0 Å². The molecule has 3 aromatic rings. The molecule has 4 rings (SSSR count). The van der Waals surface area contributed by atoms with Crippen LogP contribution in [0.4, 0.5) is 4.39 Å². The Balaban J connectivity index is 1.59. The van der Waals surface area contributed by atoms with Crippen LogP contribution in [-0.4, -0.2) is 34.8 Å². The number of hydrogen-bond acceptors (Lipinski definition) is 3. The highest BCUT2D eigenvalue weighted by atomic mass is 19.1. The first kappa shape index (κ1) is 20.7. The largest absolute Gasteiger partial charge is 0.369 e. The number of nitrogens with zero attached hydrogens (tertiary/aromatic N) is 2. The molecular formula is C25H24FN3O2. The van der Waals surface area contributed by atoms with Crippen LogP contribution in [0.25, 0.3) is 11.1 Å². The van der Waals surface area contributed by atoms with Crippen LogP contribution in [0.5, 0.6) is 0 Å². The van der Waals surface area contributed by atoms with Gasteiger partial charge in [0.05, 0.1) is 5.41 Å². The number of halogens is 1. The first-order valence-electron chi connectivity index (χ1n) is 10.3. The Bertz CT molecular complexity index is 1100. The van der Waals surface area contributed by atoms with E-state index in [2.05, 4.69) is 4.98 Å². The number of rotatable bonds is 5. The van der Waals surface area contributed by atoms with Gasteiger partial charge in [-0.1, -0.05) is 36.4 Å². The molecular weight excluding hydrogens is 393 g/mol. The van der Waals surface area contributed by atoms with Crippen LogP contribution < -0.4 is 5.73 Å². The molecule has 2 N–H and O–H groups in total. The average Bonchev–Trinajstić information content (AvgIpc) is 2.79. The van der Waals surface area contributed by atoms with Crippen molar-refractivity contribution in [3.8, 4) is 11.1 Å². The van der Waals surface area contributed by atoms with Crippen LogP contribution in [0.3, 0.4) is 0 Å². The molecule has 0 saturated carbocycles. The lowest BCUT2D eigenvalue weighted by molar-refractivity contribution is -0.130. The van der Waals surface area contributed by atoms with Crippen molar-refractivity contribution in [3.63, 3.8) is 0 Å². The van der Waals surface area contributed by atoms with Gasteiger partial charge < -0.3 is 10.6 Å². The zero-order chi connectivity index (χ0) is 21.8. The molecule has 6 heteroatoms. The maximum atomic E-state index is 13.6. The number of benzene rings is 2. The Morgan fingerprint density at radius 1 is 1.06 bits per heavy atom. The minimum Gasteiger partial charge on any atom is -0.369 e. The minimum atomic E-state index is -0.866. The topological polar surface area (TPSA) is 76.3 Å². The summed E-state index contributed by atoms with van der Waals surface area (Å²) in [5.41, 5.74) is 8.26. The molecule has 1 fully saturated rings. The fourth-order valence-electron chi connectivity index (χ4n) is 4.33. The Morgan fingerprint density at radius 2 is 1.87 bits per heavy atom.